The van der Waals surface area contributed by atoms with E-state index in [4.69, 9.17) is 21.1 Å². The molecule has 0 aromatic heterocycles. The van der Waals surface area contributed by atoms with E-state index in [-0.39, 0.29) is 24.4 Å². The van der Waals surface area contributed by atoms with Crippen LogP contribution in [-0.2, 0) is 9.53 Å². The van der Waals surface area contributed by atoms with Gasteiger partial charge in [-0.15, -0.1) is 0 Å². The van der Waals surface area contributed by atoms with Crippen LogP contribution in [0.1, 0.15) is 17.3 Å². The lowest BCUT2D eigenvalue weighted by Crippen LogP contribution is -2.47. The Morgan fingerprint density at radius 1 is 1.28 bits per heavy atom. The SMILES string of the molecule is CC(=O)c1cc(Cl)ccc1OCC1CN(C(=O)C=CSc2ccccc2)CCO1. The summed E-state index contributed by atoms with van der Waals surface area (Å²) in [7, 11) is 0. The lowest BCUT2D eigenvalue weighted by molar-refractivity contribution is -0.134. The maximum atomic E-state index is 12.5. The van der Waals surface area contributed by atoms with E-state index in [1.54, 1.807) is 34.6 Å². The molecule has 7 heteroatoms. The molecule has 29 heavy (non-hydrogen) atoms. The largest absolute Gasteiger partial charge is 0.490 e. The third kappa shape index (κ3) is 6.35. The number of Topliss-reactive ketones (excluding diaryl/α,β-unsaturated/α-hetero) is 1. The van der Waals surface area contributed by atoms with Crippen LogP contribution in [0, 0.1) is 0 Å². The second-order valence-electron chi connectivity index (χ2n) is 6.52. The van der Waals surface area contributed by atoms with Crippen LogP contribution in [0.25, 0.3) is 0 Å². The summed E-state index contributed by atoms with van der Waals surface area (Å²) in [4.78, 5) is 27.1. The summed E-state index contributed by atoms with van der Waals surface area (Å²) in [6, 6.07) is 14.8. The smallest absolute Gasteiger partial charge is 0.247 e. The fourth-order valence-electron chi connectivity index (χ4n) is 2.88. The van der Waals surface area contributed by atoms with Gasteiger partial charge >= 0.3 is 0 Å². The molecule has 0 N–H and O–H groups in total. The predicted molar refractivity (Wildman–Crippen MR) is 115 cm³/mol. The standard InChI is InChI=1S/C22H22ClNO4S/c1-16(25)20-13-17(23)7-8-21(20)28-15-18-14-24(10-11-27-18)22(26)9-12-29-19-5-3-2-4-6-19/h2-9,12-13,18H,10-11,14-15H2,1H3. The lowest BCUT2D eigenvalue weighted by Gasteiger charge is -2.32. The van der Waals surface area contributed by atoms with Gasteiger partial charge in [0.05, 0.1) is 18.7 Å². The number of thioether (sulfide) groups is 1. The van der Waals surface area contributed by atoms with E-state index < -0.39 is 0 Å². The minimum absolute atomic E-state index is 0.0577. The highest BCUT2D eigenvalue weighted by atomic mass is 35.5. The summed E-state index contributed by atoms with van der Waals surface area (Å²) in [6.07, 6.45) is 1.31. The van der Waals surface area contributed by atoms with Crippen molar-refractivity contribution in [2.24, 2.45) is 0 Å². The predicted octanol–water partition coefficient (Wildman–Crippen LogP) is 4.45. The molecule has 3 rings (SSSR count). The van der Waals surface area contributed by atoms with E-state index in [1.165, 1.54) is 18.7 Å². The Kier molecular flexibility index (Phi) is 7.75. The van der Waals surface area contributed by atoms with Crippen molar-refractivity contribution in [3.63, 3.8) is 0 Å². The van der Waals surface area contributed by atoms with E-state index in [0.29, 0.717) is 36.0 Å². The lowest BCUT2D eigenvalue weighted by atomic mass is 10.1. The zero-order valence-electron chi connectivity index (χ0n) is 16.0. The van der Waals surface area contributed by atoms with Gasteiger partial charge in [0.2, 0.25) is 5.91 Å². The molecule has 1 fully saturated rings. The number of carbonyl (C=O) groups is 2. The first-order chi connectivity index (χ1) is 14.0. The fraction of sp³-hybridized carbons (Fsp3) is 0.273. The maximum absolute atomic E-state index is 12.5. The highest BCUT2D eigenvalue weighted by Gasteiger charge is 2.24. The van der Waals surface area contributed by atoms with Crippen LogP contribution in [0.2, 0.25) is 5.02 Å². The van der Waals surface area contributed by atoms with Crippen molar-refractivity contribution in [2.45, 2.75) is 17.9 Å². The summed E-state index contributed by atoms with van der Waals surface area (Å²) in [5.74, 6) is 0.288. The van der Waals surface area contributed by atoms with Crippen LogP contribution in [0.3, 0.4) is 0 Å². The van der Waals surface area contributed by atoms with Crippen LogP contribution in [0.15, 0.2) is 64.9 Å². The second-order valence-corrected chi connectivity index (χ2v) is 7.93. The van der Waals surface area contributed by atoms with Crippen LogP contribution in [0.4, 0.5) is 0 Å². The molecule has 1 saturated heterocycles. The molecule has 1 atom stereocenters. The summed E-state index contributed by atoms with van der Waals surface area (Å²) < 4.78 is 11.5. The number of rotatable bonds is 7. The van der Waals surface area contributed by atoms with Gasteiger partial charge < -0.3 is 14.4 Å². The molecule has 1 amide bonds. The highest BCUT2D eigenvalue weighted by molar-refractivity contribution is 8.02. The first kappa shape index (κ1) is 21.4. The molecule has 0 radical (unpaired) electrons. The number of hydrogen-bond donors (Lipinski definition) is 0. The zero-order valence-corrected chi connectivity index (χ0v) is 17.6. The molecule has 1 aliphatic rings. The van der Waals surface area contributed by atoms with Gasteiger partial charge in [-0.05, 0) is 42.7 Å². The van der Waals surface area contributed by atoms with E-state index in [9.17, 15) is 9.59 Å². The Bertz CT molecular complexity index is 888. The molecule has 0 spiro atoms. The van der Waals surface area contributed by atoms with Crippen molar-refractivity contribution >= 4 is 35.1 Å². The topological polar surface area (TPSA) is 55.8 Å². The average Bonchev–Trinajstić information content (AvgIpc) is 2.73. The number of halogens is 1. The number of benzene rings is 2. The molecule has 5 nitrogen and oxygen atoms in total. The molecule has 2 aromatic rings. The number of hydrogen-bond acceptors (Lipinski definition) is 5. The monoisotopic (exact) mass is 431 g/mol. The van der Waals surface area contributed by atoms with Crippen molar-refractivity contribution in [2.75, 3.05) is 26.3 Å². The maximum Gasteiger partial charge on any atom is 0.247 e. The molecule has 152 valence electrons. The summed E-state index contributed by atoms with van der Waals surface area (Å²) in [6.45, 7) is 3.13. The molecule has 0 saturated carbocycles. The van der Waals surface area contributed by atoms with Crippen molar-refractivity contribution in [3.05, 3.63) is 70.6 Å². The van der Waals surface area contributed by atoms with Gasteiger partial charge in [-0.2, -0.15) is 0 Å². The van der Waals surface area contributed by atoms with Crippen molar-refractivity contribution in [1.29, 1.82) is 0 Å². The Balaban J connectivity index is 1.53. The van der Waals surface area contributed by atoms with Gasteiger partial charge in [0, 0.05) is 22.5 Å². The minimum Gasteiger partial charge on any atom is -0.490 e. The van der Waals surface area contributed by atoms with Gasteiger partial charge in [0.1, 0.15) is 18.5 Å². The number of morpholine rings is 1. The van der Waals surface area contributed by atoms with Crippen LogP contribution < -0.4 is 4.74 Å². The fourth-order valence-corrected chi connectivity index (χ4v) is 3.71. The molecular formula is C22H22ClNO4S. The molecule has 0 aliphatic carbocycles. The van der Waals surface area contributed by atoms with Gasteiger partial charge in [-0.25, -0.2) is 0 Å². The van der Waals surface area contributed by atoms with Crippen molar-refractivity contribution < 1.29 is 19.1 Å². The summed E-state index contributed by atoms with van der Waals surface area (Å²) >= 11 is 7.46. The number of ether oxygens (including phenoxy) is 2. The molecule has 0 bridgehead atoms. The first-order valence-electron chi connectivity index (χ1n) is 9.25. The van der Waals surface area contributed by atoms with E-state index in [0.717, 1.165) is 4.90 Å². The number of amides is 1. The van der Waals surface area contributed by atoms with E-state index >= 15 is 0 Å². The number of carbonyl (C=O) groups excluding carboxylic acids is 2. The normalized spacial score (nSPS) is 16.8. The number of nitrogens with zero attached hydrogens (tertiary/aromatic N) is 1. The quantitative estimate of drug-likeness (QED) is 0.368. The molecule has 1 aliphatic heterocycles. The van der Waals surface area contributed by atoms with E-state index in [2.05, 4.69) is 0 Å². The highest BCUT2D eigenvalue weighted by Crippen LogP contribution is 2.24. The molecule has 1 unspecified atom stereocenters. The number of ketones is 1. The average molecular weight is 432 g/mol. The van der Waals surface area contributed by atoms with Crippen molar-refractivity contribution in [1.82, 2.24) is 4.90 Å². The summed E-state index contributed by atoms with van der Waals surface area (Å²) in [5, 5.41) is 2.28. The second kappa shape index (κ2) is 10.5. The Labute approximate surface area is 179 Å². The third-order valence-electron chi connectivity index (χ3n) is 4.35. The first-order valence-corrected chi connectivity index (χ1v) is 10.5. The minimum atomic E-state index is -0.265. The van der Waals surface area contributed by atoms with Crippen LogP contribution in [-0.4, -0.2) is 49.0 Å². The Morgan fingerprint density at radius 3 is 2.83 bits per heavy atom. The molecular weight excluding hydrogens is 410 g/mol. The van der Waals surface area contributed by atoms with Gasteiger partial charge in [-0.1, -0.05) is 41.6 Å². The van der Waals surface area contributed by atoms with Crippen molar-refractivity contribution in [3.8, 4) is 5.75 Å². The molecule has 1 heterocycles. The zero-order chi connectivity index (χ0) is 20.6. The van der Waals surface area contributed by atoms with Crippen LogP contribution >= 0.6 is 23.4 Å². The van der Waals surface area contributed by atoms with Gasteiger partial charge in [0.25, 0.3) is 0 Å². The summed E-state index contributed by atoms with van der Waals surface area (Å²) in [5.41, 5.74) is 0.433. The molecule has 2 aromatic carbocycles. The third-order valence-corrected chi connectivity index (χ3v) is 5.41. The van der Waals surface area contributed by atoms with Gasteiger partial charge in [-0.3, -0.25) is 9.59 Å². The van der Waals surface area contributed by atoms with Gasteiger partial charge in [0.15, 0.2) is 5.78 Å². The van der Waals surface area contributed by atoms with E-state index in [1.807, 2.05) is 30.3 Å². The Morgan fingerprint density at radius 2 is 2.07 bits per heavy atom. The Hall–Kier alpha value is -2.28. The van der Waals surface area contributed by atoms with Crippen LogP contribution in [0.5, 0.6) is 5.75 Å².